The van der Waals surface area contributed by atoms with Gasteiger partial charge in [0.1, 0.15) is 0 Å². The molecule has 1 aromatic rings. The Labute approximate surface area is 116 Å². The van der Waals surface area contributed by atoms with Crippen molar-refractivity contribution < 1.29 is 22.2 Å². The normalized spacial score (nSPS) is 18.7. The van der Waals surface area contributed by atoms with Gasteiger partial charge < -0.3 is 0 Å². The van der Waals surface area contributed by atoms with Gasteiger partial charge >= 0.3 is 12.1 Å². The summed E-state index contributed by atoms with van der Waals surface area (Å²) in [5.74, 6) is -2.28. The van der Waals surface area contributed by atoms with Crippen LogP contribution in [0.2, 0.25) is 0 Å². The number of benzene rings is 1. The molecule has 1 aliphatic rings. The van der Waals surface area contributed by atoms with Crippen molar-refractivity contribution in [2.24, 2.45) is 4.36 Å². The topological polar surface area (TPSA) is 46.5 Å². The molecule has 0 N–H and O–H groups in total. The minimum atomic E-state index is -5.09. The minimum absolute atomic E-state index is 0.163. The van der Waals surface area contributed by atoms with Crippen molar-refractivity contribution in [3.63, 3.8) is 0 Å². The Morgan fingerprint density at radius 2 is 1.79 bits per heavy atom. The molecule has 0 aliphatic heterocycles. The summed E-state index contributed by atoms with van der Waals surface area (Å²) < 4.78 is 53.1. The molecule has 0 bridgehead atoms. The molecule has 2 rings (SSSR count). The summed E-state index contributed by atoms with van der Waals surface area (Å²) in [6.07, 6.45) is -4.06. The monoisotopic (exact) mass is 355 g/mol. The largest absolute Gasteiger partial charge is 0.474 e. The molecule has 0 heterocycles. The van der Waals surface area contributed by atoms with Crippen molar-refractivity contribution >= 4 is 31.6 Å². The van der Waals surface area contributed by atoms with Gasteiger partial charge in [-0.2, -0.15) is 13.2 Å². The number of amides is 1. The first-order chi connectivity index (χ1) is 8.73. The molecule has 0 saturated heterocycles. The SMILES string of the molecule is O=C(N=S(=O)(c1ccc(Br)cc1)C1CC1)C(F)(F)F. The zero-order valence-electron chi connectivity index (χ0n) is 9.48. The summed E-state index contributed by atoms with van der Waals surface area (Å²) in [5, 5.41) is -0.472. The Bertz CT molecular complexity index is 614. The summed E-state index contributed by atoms with van der Waals surface area (Å²) in [7, 11) is -3.34. The molecule has 0 spiro atoms. The second-order valence-electron chi connectivity index (χ2n) is 4.12. The zero-order valence-corrected chi connectivity index (χ0v) is 11.9. The Morgan fingerprint density at radius 3 is 2.21 bits per heavy atom. The average molecular weight is 356 g/mol. The third-order valence-corrected chi connectivity index (χ3v) is 5.88. The number of nitrogens with zero attached hydrogens (tertiary/aromatic N) is 1. The van der Waals surface area contributed by atoms with Gasteiger partial charge in [0.2, 0.25) is 0 Å². The van der Waals surface area contributed by atoms with Gasteiger partial charge in [0, 0.05) is 14.6 Å². The Balaban J connectivity index is 2.50. The molecule has 1 aliphatic carbocycles. The van der Waals surface area contributed by atoms with Crippen molar-refractivity contribution in [2.75, 3.05) is 0 Å². The Hall–Kier alpha value is -0.890. The first kappa shape index (κ1) is 14.5. The summed E-state index contributed by atoms with van der Waals surface area (Å²) in [5.41, 5.74) is 0. The summed E-state index contributed by atoms with van der Waals surface area (Å²) >= 11 is 3.18. The predicted octanol–water partition coefficient (Wildman–Crippen LogP) is 3.53. The van der Waals surface area contributed by atoms with Crippen LogP contribution in [0.1, 0.15) is 12.8 Å². The second kappa shape index (κ2) is 4.90. The van der Waals surface area contributed by atoms with Crippen molar-refractivity contribution in [1.29, 1.82) is 0 Å². The van der Waals surface area contributed by atoms with E-state index in [2.05, 4.69) is 20.3 Å². The van der Waals surface area contributed by atoms with Crippen LogP contribution in [0.25, 0.3) is 0 Å². The van der Waals surface area contributed by atoms with E-state index in [1.807, 2.05) is 0 Å². The molecule has 1 aromatic carbocycles. The van der Waals surface area contributed by atoms with Gasteiger partial charge in [-0.3, -0.25) is 4.79 Å². The lowest BCUT2D eigenvalue weighted by Crippen LogP contribution is -2.23. The van der Waals surface area contributed by atoms with Gasteiger partial charge in [-0.25, -0.2) is 4.21 Å². The third kappa shape index (κ3) is 3.17. The zero-order chi connectivity index (χ0) is 14.3. The van der Waals surface area contributed by atoms with Gasteiger partial charge in [0.25, 0.3) is 0 Å². The van der Waals surface area contributed by atoms with Gasteiger partial charge in [-0.1, -0.05) is 15.9 Å². The van der Waals surface area contributed by atoms with Crippen LogP contribution >= 0.6 is 15.9 Å². The quantitative estimate of drug-likeness (QED) is 0.814. The molecular formula is C11H9BrF3NO2S. The van der Waals surface area contributed by atoms with Crippen molar-refractivity contribution in [2.45, 2.75) is 29.2 Å². The average Bonchev–Trinajstić information content (AvgIpc) is 3.12. The highest BCUT2D eigenvalue weighted by Gasteiger charge is 2.43. The first-order valence-electron chi connectivity index (χ1n) is 5.36. The van der Waals surface area contributed by atoms with E-state index in [0.717, 1.165) is 0 Å². The Morgan fingerprint density at radius 1 is 1.26 bits per heavy atom. The van der Waals surface area contributed by atoms with E-state index in [9.17, 15) is 22.2 Å². The van der Waals surface area contributed by atoms with Gasteiger partial charge in [0.05, 0.1) is 9.73 Å². The number of hydrogen-bond acceptors (Lipinski definition) is 2. The molecule has 0 aromatic heterocycles. The van der Waals surface area contributed by atoms with Crippen molar-refractivity contribution in [3.8, 4) is 0 Å². The number of carbonyl (C=O) groups is 1. The van der Waals surface area contributed by atoms with Crippen LogP contribution in [-0.4, -0.2) is 21.5 Å². The molecule has 19 heavy (non-hydrogen) atoms. The molecule has 1 unspecified atom stereocenters. The lowest BCUT2D eigenvalue weighted by atomic mass is 10.4. The Kier molecular flexibility index (Phi) is 3.74. The van der Waals surface area contributed by atoms with E-state index in [1.54, 1.807) is 12.1 Å². The predicted molar refractivity (Wildman–Crippen MR) is 67.1 cm³/mol. The molecule has 8 heteroatoms. The van der Waals surface area contributed by atoms with Crippen LogP contribution in [0.4, 0.5) is 13.2 Å². The van der Waals surface area contributed by atoms with E-state index in [-0.39, 0.29) is 4.90 Å². The van der Waals surface area contributed by atoms with E-state index in [1.165, 1.54) is 12.1 Å². The summed E-state index contributed by atoms with van der Waals surface area (Å²) in [6.45, 7) is 0. The lowest BCUT2D eigenvalue weighted by molar-refractivity contribution is -0.169. The molecule has 1 amide bonds. The molecular weight excluding hydrogens is 347 g/mol. The van der Waals surface area contributed by atoms with Crippen LogP contribution in [0.3, 0.4) is 0 Å². The molecule has 1 atom stereocenters. The number of alkyl halides is 3. The fraction of sp³-hybridized carbons (Fsp3) is 0.364. The standard InChI is InChI=1S/C11H9BrF3NO2S/c12-7-1-3-8(4-2-7)19(18,9-5-6-9)16-10(17)11(13,14)15/h1-4,9H,5-6H2. The van der Waals surface area contributed by atoms with Gasteiger partial charge in [-0.15, -0.1) is 4.36 Å². The molecule has 104 valence electrons. The number of rotatable bonds is 2. The van der Waals surface area contributed by atoms with Crippen molar-refractivity contribution in [3.05, 3.63) is 28.7 Å². The van der Waals surface area contributed by atoms with E-state index in [0.29, 0.717) is 17.3 Å². The highest BCUT2D eigenvalue weighted by Crippen LogP contribution is 2.36. The van der Waals surface area contributed by atoms with Crippen LogP contribution in [0.5, 0.6) is 0 Å². The maximum Gasteiger partial charge on any atom is 0.474 e. The van der Waals surface area contributed by atoms with Gasteiger partial charge in [0.15, 0.2) is 0 Å². The fourth-order valence-electron chi connectivity index (χ4n) is 1.51. The van der Waals surface area contributed by atoms with Crippen LogP contribution in [0.15, 0.2) is 38.0 Å². The summed E-state index contributed by atoms with van der Waals surface area (Å²) in [4.78, 5) is 11.1. The smallest absolute Gasteiger partial charge is 0.261 e. The van der Waals surface area contributed by atoms with Crippen LogP contribution < -0.4 is 0 Å². The molecule has 1 saturated carbocycles. The van der Waals surface area contributed by atoms with Crippen LogP contribution in [-0.2, 0) is 14.5 Å². The maximum absolute atomic E-state index is 12.6. The molecule has 3 nitrogen and oxygen atoms in total. The van der Waals surface area contributed by atoms with E-state index in [4.69, 9.17) is 0 Å². The number of halogens is 4. The lowest BCUT2D eigenvalue weighted by Gasteiger charge is -2.09. The highest BCUT2D eigenvalue weighted by atomic mass is 79.9. The summed E-state index contributed by atoms with van der Waals surface area (Å²) in [6, 6.07) is 5.98. The first-order valence-corrected chi connectivity index (χ1v) is 7.73. The van der Waals surface area contributed by atoms with Crippen molar-refractivity contribution in [1.82, 2.24) is 0 Å². The van der Waals surface area contributed by atoms with Crippen LogP contribution in [0, 0.1) is 0 Å². The number of hydrogen-bond donors (Lipinski definition) is 0. The molecule has 1 fully saturated rings. The van der Waals surface area contributed by atoms with E-state index >= 15 is 0 Å². The second-order valence-corrected chi connectivity index (χ2v) is 7.49. The highest BCUT2D eigenvalue weighted by molar-refractivity contribution is 9.10. The molecule has 0 radical (unpaired) electrons. The third-order valence-electron chi connectivity index (χ3n) is 2.59. The fourth-order valence-corrected chi connectivity index (χ4v) is 4.07. The number of carbonyl (C=O) groups excluding carboxylic acids is 1. The van der Waals surface area contributed by atoms with Gasteiger partial charge in [-0.05, 0) is 37.1 Å². The minimum Gasteiger partial charge on any atom is -0.261 e. The maximum atomic E-state index is 12.6. The van der Waals surface area contributed by atoms with E-state index < -0.39 is 27.1 Å².